The molecule has 1 fully saturated rings. The Morgan fingerprint density at radius 3 is 2.48 bits per heavy atom. The molecule has 0 saturated heterocycles. The number of anilines is 1. The minimum Gasteiger partial charge on any atom is -0.357 e. The molecule has 1 aromatic rings. The van der Waals surface area contributed by atoms with Crippen molar-refractivity contribution in [3.8, 4) is 0 Å². The van der Waals surface area contributed by atoms with Crippen LogP contribution in [0.15, 0.2) is 12.1 Å². The Bertz CT molecular complexity index is 448. The first-order valence-electron chi connectivity index (χ1n) is 8.40. The highest BCUT2D eigenvalue weighted by molar-refractivity contribution is 5.42. The van der Waals surface area contributed by atoms with Crippen LogP contribution in [0.5, 0.6) is 0 Å². The van der Waals surface area contributed by atoms with E-state index in [9.17, 15) is 0 Å². The van der Waals surface area contributed by atoms with Gasteiger partial charge in [0.1, 0.15) is 5.82 Å². The van der Waals surface area contributed by atoms with Crippen LogP contribution in [0.1, 0.15) is 57.7 Å². The zero-order chi connectivity index (χ0) is 15.4. The van der Waals surface area contributed by atoms with Crippen LogP contribution in [0.25, 0.3) is 0 Å². The van der Waals surface area contributed by atoms with Gasteiger partial charge in [0, 0.05) is 31.4 Å². The van der Waals surface area contributed by atoms with Crippen molar-refractivity contribution in [3.63, 3.8) is 0 Å². The van der Waals surface area contributed by atoms with Crippen molar-refractivity contribution in [2.75, 3.05) is 11.9 Å². The molecule has 0 spiro atoms. The van der Waals surface area contributed by atoms with E-state index < -0.39 is 0 Å². The molecule has 2 rings (SSSR count). The summed E-state index contributed by atoms with van der Waals surface area (Å²) in [5.74, 6) is 2.02. The van der Waals surface area contributed by atoms with Crippen LogP contribution in [-0.4, -0.2) is 24.1 Å². The van der Waals surface area contributed by atoms with Gasteiger partial charge in [-0.2, -0.15) is 0 Å². The zero-order valence-electron chi connectivity index (χ0n) is 14.3. The first kappa shape index (κ1) is 16.3. The highest BCUT2D eigenvalue weighted by Crippen LogP contribution is 2.28. The van der Waals surface area contributed by atoms with E-state index in [1.165, 1.54) is 31.2 Å². The lowest BCUT2D eigenvalue weighted by Gasteiger charge is -2.34. The van der Waals surface area contributed by atoms with Crippen LogP contribution < -0.4 is 10.2 Å². The van der Waals surface area contributed by atoms with Crippen molar-refractivity contribution in [1.29, 1.82) is 0 Å². The molecule has 0 unspecified atom stereocenters. The topological polar surface area (TPSA) is 28.2 Å². The summed E-state index contributed by atoms with van der Waals surface area (Å²) in [6, 6.07) is 5.58. The van der Waals surface area contributed by atoms with Gasteiger partial charge in [0.25, 0.3) is 0 Å². The Morgan fingerprint density at radius 1 is 1.24 bits per heavy atom. The summed E-state index contributed by atoms with van der Waals surface area (Å²) >= 11 is 0. The van der Waals surface area contributed by atoms with Gasteiger partial charge in [-0.05, 0) is 50.2 Å². The van der Waals surface area contributed by atoms with Crippen LogP contribution in [0.4, 0.5) is 5.82 Å². The molecule has 0 aromatic carbocycles. The number of pyridine rings is 1. The van der Waals surface area contributed by atoms with Gasteiger partial charge < -0.3 is 10.2 Å². The van der Waals surface area contributed by atoms with E-state index in [-0.39, 0.29) is 0 Å². The predicted octanol–water partition coefficient (Wildman–Crippen LogP) is 3.90. The third kappa shape index (κ3) is 4.44. The minimum absolute atomic E-state index is 0.510. The van der Waals surface area contributed by atoms with Crippen LogP contribution in [0, 0.1) is 12.8 Å². The lowest BCUT2D eigenvalue weighted by atomic mass is 9.87. The van der Waals surface area contributed by atoms with Crippen molar-refractivity contribution < 1.29 is 0 Å². The number of aryl methyl sites for hydroxylation is 1. The van der Waals surface area contributed by atoms with E-state index in [0.29, 0.717) is 12.1 Å². The summed E-state index contributed by atoms with van der Waals surface area (Å²) in [7, 11) is 2.20. The number of nitrogens with zero attached hydrogens (tertiary/aromatic N) is 2. The largest absolute Gasteiger partial charge is 0.357 e. The number of hydrogen-bond acceptors (Lipinski definition) is 3. The van der Waals surface area contributed by atoms with Gasteiger partial charge in [0.15, 0.2) is 0 Å². The SMILES string of the molecule is Cc1nc(N(C)C2CCC(C)CC2)ccc1CNC(C)C. The molecule has 0 atom stereocenters. The zero-order valence-corrected chi connectivity index (χ0v) is 14.3. The van der Waals surface area contributed by atoms with Crippen molar-refractivity contribution in [2.45, 2.75) is 72.0 Å². The fourth-order valence-corrected chi connectivity index (χ4v) is 3.09. The van der Waals surface area contributed by atoms with Crippen molar-refractivity contribution in [3.05, 3.63) is 23.4 Å². The van der Waals surface area contributed by atoms with Gasteiger partial charge in [-0.25, -0.2) is 4.98 Å². The first-order valence-corrected chi connectivity index (χ1v) is 8.40. The van der Waals surface area contributed by atoms with Crippen LogP contribution >= 0.6 is 0 Å². The Balaban J connectivity index is 2.01. The molecule has 1 aliphatic rings. The molecular formula is C18H31N3. The number of rotatable bonds is 5. The summed E-state index contributed by atoms with van der Waals surface area (Å²) < 4.78 is 0. The average molecular weight is 289 g/mol. The third-order valence-electron chi connectivity index (χ3n) is 4.78. The summed E-state index contributed by atoms with van der Waals surface area (Å²) in [6.07, 6.45) is 5.30. The quantitative estimate of drug-likeness (QED) is 0.891. The van der Waals surface area contributed by atoms with Gasteiger partial charge >= 0.3 is 0 Å². The van der Waals surface area contributed by atoms with E-state index >= 15 is 0 Å². The Hall–Kier alpha value is -1.09. The molecule has 118 valence electrons. The minimum atomic E-state index is 0.510. The molecule has 0 bridgehead atoms. The van der Waals surface area contributed by atoms with E-state index in [2.05, 4.69) is 57.1 Å². The standard InChI is InChI=1S/C18H31N3/c1-13(2)19-12-16-8-11-18(20-15(16)4)21(5)17-9-6-14(3)7-10-17/h8,11,13-14,17,19H,6-7,9-10,12H2,1-5H3. The molecule has 1 N–H and O–H groups in total. The lowest BCUT2D eigenvalue weighted by molar-refractivity contribution is 0.340. The van der Waals surface area contributed by atoms with Crippen molar-refractivity contribution in [2.24, 2.45) is 5.92 Å². The molecular weight excluding hydrogens is 258 g/mol. The van der Waals surface area contributed by atoms with E-state index in [1.54, 1.807) is 0 Å². The summed E-state index contributed by atoms with van der Waals surface area (Å²) in [4.78, 5) is 7.22. The van der Waals surface area contributed by atoms with E-state index in [4.69, 9.17) is 4.98 Å². The number of aromatic nitrogens is 1. The van der Waals surface area contributed by atoms with Crippen LogP contribution in [0.3, 0.4) is 0 Å². The molecule has 0 radical (unpaired) electrons. The molecule has 1 aliphatic carbocycles. The second kappa shape index (κ2) is 7.26. The summed E-state index contributed by atoms with van der Waals surface area (Å²) in [5.41, 5.74) is 2.45. The molecule has 1 heterocycles. The monoisotopic (exact) mass is 289 g/mol. The second-order valence-electron chi connectivity index (χ2n) is 6.97. The normalized spacial score (nSPS) is 22.6. The maximum absolute atomic E-state index is 4.83. The fourth-order valence-electron chi connectivity index (χ4n) is 3.09. The average Bonchev–Trinajstić information content (AvgIpc) is 2.46. The van der Waals surface area contributed by atoms with Crippen LogP contribution in [-0.2, 0) is 6.54 Å². The van der Waals surface area contributed by atoms with Gasteiger partial charge in [-0.1, -0.05) is 26.8 Å². The highest BCUT2D eigenvalue weighted by atomic mass is 15.2. The Morgan fingerprint density at radius 2 is 1.90 bits per heavy atom. The van der Waals surface area contributed by atoms with Crippen molar-refractivity contribution in [1.82, 2.24) is 10.3 Å². The van der Waals surface area contributed by atoms with Gasteiger partial charge in [-0.3, -0.25) is 0 Å². The van der Waals surface area contributed by atoms with E-state index in [1.807, 2.05) is 0 Å². The molecule has 1 saturated carbocycles. The molecule has 1 aromatic heterocycles. The smallest absolute Gasteiger partial charge is 0.128 e. The lowest BCUT2D eigenvalue weighted by Crippen LogP contribution is -2.35. The predicted molar refractivity (Wildman–Crippen MR) is 90.8 cm³/mol. The molecule has 0 aliphatic heterocycles. The second-order valence-corrected chi connectivity index (χ2v) is 6.97. The molecule has 0 amide bonds. The maximum atomic E-state index is 4.83. The fraction of sp³-hybridized carbons (Fsp3) is 0.722. The maximum Gasteiger partial charge on any atom is 0.128 e. The first-order chi connectivity index (χ1) is 9.97. The highest BCUT2D eigenvalue weighted by Gasteiger charge is 2.22. The number of hydrogen-bond donors (Lipinski definition) is 1. The van der Waals surface area contributed by atoms with E-state index in [0.717, 1.165) is 24.0 Å². The number of nitrogens with one attached hydrogen (secondary N) is 1. The molecule has 3 nitrogen and oxygen atoms in total. The summed E-state index contributed by atoms with van der Waals surface area (Å²) in [5, 5.41) is 3.47. The Labute approximate surface area is 130 Å². The molecule has 3 heteroatoms. The van der Waals surface area contributed by atoms with Crippen molar-refractivity contribution >= 4 is 5.82 Å². The summed E-state index contributed by atoms with van der Waals surface area (Å²) in [6.45, 7) is 9.75. The van der Waals surface area contributed by atoms with Gasteiger partial charge in [0.05, 0.1) is 0 Å². The molecule has 21 heavy (non-hydrogen) atoms. The Kier molecular flexibility index (Phi) is 5.63. The third-order valence-corrected chi connectivity index (χ3v) is 4.78. The van der Waals surface area contributed by atoms with Gasteiger partial charge in [-0.15, -0.1) is 0 Å². The van der Waals surface area contributed by atoms with Gasteiger partial charge in [0.2, 0.25) is 0 Å². The van der Waals surface area contributed by atoms with Crippen LogP contribution in [0.2, 0.25) is 0 Å².